The van der Waals surface area contributed by atoms with Crippen molar-refractivity contribution in [1.82, 2.24) is 19.6 Å². The van der Waals surface area contributed by atoms with Crippen LogP contribution < -0.4 is 29.3 Å². The lowest BCUT2D eigenvalue weighted by Crippen LogP contribution is -2.54. The van der Waals surface area contributed by atoms with Crippen molar-refractivity contribution < 1.29 is 32.7 Å². The topological polar surface area (TPSA) is 196 Å². The number of nitrogens with zero attached hydrogens (tertiary/aromatic N) is 5. The molecule has 4 N–H and O–H groups in total. The highest BCUT2D eigenvalue weighted by molar-refractivity contribution is 7.90. The van der Waals surface area contributed by atoms with Crippen LogP contribution in [0.4, 0.5) is 22.9 Å². The number of sulfonamides is 1. The van der Waals surface area contributed by atoms with Gasteiger partial charge < -0.3 is 34.7 Å². The Bertz CT molecular complexity index is 2870. The number of fused-ring (bicyclic) bond motifs is 2. The van der Waals surface area contributed by atoms with E-state index in [1.165, 1.54) is 42.9 Å². The highest BCUT2D eigenvalue weighted by atomic mass is 32.2. The lowest BCUT2D eigenvalue weighted by atomic mass is 9.59. The van der Waals surface area contributed by atoms with E-state index in [1.54, 1.807) is 23.2 Å². The first kappa shape index (κ1) is 46.8. The zero-order valence-corrected chi connectivity index (χ0v) is 41.0. The lowest BCUT2D eigenvalue weighted by Gasteiger charge is -2.56. The number of anilines is 3. The number of nitrogens with one attached hydrogen (secondary N) is 3. The zero-order chi connectivity index (χ0) is 48.4. The van der Waals surface area contributed by atoms with Crippen molar-refractivity contribution in [2.24, 2.45) is 11.3 Å². The first-order valence-corrected chi connectivity index (χ1v) is 26.0. The number of amides is 1. The molecule has 2 saturated carbocycles. The van der Waals surface area contributed by atoms with Crippen LogP contribution in [-0.4, -0.2) is 97.2 Å². The Morgan fingerprint density at radius 3 is 2.48 bits per heavy atom. The Morgan fingerprint density at radius 2 is 1.75 bits per heavy atom. The fourth-order valence-electron chi connectivity index (χ4n) is 11.9. The molecule has 1 spiro atoms. The van der Waals surface area contributed by atoms with Crippen LogP contribution in [0, 0.1) is 21.4 Å². The van der Waals surface area contributed by atoms with Crippen LogP contribution >= 0.6 is 0 Å². The number of H-pyrrole nitrogens is 1. The summed E-state index contributed by atoms with van der Waals surface area (Å²) in [6.07, 6.45) is 11.3. The number of aliphatic hydroxyl groups is 1. The quantitative estimate of drug-likeness (QED) is 0.0683. The number of aromatic amines is 1. The average Bonchev–Trinajstić information content (AvgIpc) is 4.00. The van der Waals surface area contributed by atoms with Crippen molar-refractivity contribution in [3.05, 3.63) is 99.7 Å². The Kier molecular flexibility index (Phi) is 12.3. The van der Waals surface area contributed by atoms with Crippen LogP contribution in [0.5, 0.6) is 17.2 Å². The predicted octanol–water partition coefficient (Wildman–Crippen LogP) is 9.27. The van der Waals surface area contributed by atoms with Gasteiger partial charge in [0.2, 0.25) is 0 Å². The lowest BCUT2D eigenvalue weighted by molar-refractivity contribution is -0.384. The maximum atomic E-state index is 14.3. The molecule has 5 aliphatic rings. The summed E-state index contributed by atoms with van der Waals surface area (Å²) in [5.74, 6) is 0.607. The summed E-state index contributed by atoms with van der Waals surface area (Å²) in [4.78, 5) is 40.4. The molecular weight excluding hydrogens is 897 g/mol. The van der Waals surface area contributed by atoms with Gasteiger partial charge in [-0.2, -0.15) is 0 Å². The Labute approximate surface area is 404 Å². The van der Waals surface area contributed by atoms with Crippen molar-refractivity contribution in [2.75, 3.05) is 55.5 Å². The van der Waals surface area contributed by atoms with Crippen molar-refractivity contribution in [3.8, 4) is 17.2 Å². The third-order valence-corrected chi connectivity index (χ3v) is 17.1. The smallest absolute Gasteiger partial charge is 0.297 e. The third-order valence-electron chi connectivity index (χ3n) is 15.8. The highest BCUT2D eigenvalue weighted by Gasteiger charge is 2.50. The molecule has 2 saturated heterocycles. The van der Waals surface area contributed by atoms with E-state index in [4.69, 9.17) is 14.5 Å². The minimum atomic E-state index is -4.69. The average molecular weight is 961 g/mol. The maximum Gasteiger partial charge on any atom is 0.297 e. The second-order valence-electron chi connectivity index (χ2n) is 21.0. The fraction of sp³-hybridized carbons (Fsp3) is 0.500. The number of hydrogen-bond acceptors (Lipinski definition) is 13. The fourth-order valence-corrected chi connectivity index (χ4v) is 12.9. The Morgan fingerprint density at radius 1 is 1.00 bits per heavy atom. The molecule has 2 aliphatic carbocycles. The van der Waals surface area contributed by atoms with Gasteiger partial charge in [-0.3, -0.25) is 19.8 Å². The molecule has 0 unspecified atom stereocenters. The Balaban J connectivity index is 0.884. The van der Waals surface area contributed by atoms with Gasteiger partial charge in [0, 0.05) is 74.7 Å². The monoisotopic (exact) mass is 960 g/mol. The van der Waals surface area contributed by atoms with Gasteiger partial charge in [-0.05, 0) is 130 Å². The molecule has 10 rings (SSSR count). The first-order valence-electron chi connectivity index (χ1n) is 24.5. The second-order valence-corrected chi connectivity index (χ2v) is 22.7. The summed E-state index contributed by atoms with van der Waals surface area (Å²) in [7, 11) is -1.02. The van der Waals surface area contributed by atoms with E-state index in [0.717, 1.165) is 49.6 Å². The molecule has 1 amide bonds. The van der Waals surface area contributed by atoms with E-state index >= 15 is 0 Å². The number of ether oxygens (including phenoxy) is 2. The first-order chi connectivity index (χ1) is 33.0. The summed E-state index contributed by atoms with van der Waals surface area (Å²) in [6, 6.07) is 20.8. The van der Waals surface area contributed by atoms with Crippen molar-refractivity contribution in [3.63, 3.8) is 0 Å². The number of piperidine rings is 1. The van der Waals surface area contributed by atoms with E-state index in [1.807, 2.05) is 39.2 Å². The molecule has 2 atom stereocenters. The van der Waals surface area contributed by atoms with Crippen molar-refractivity contribution in [2.45, 2.75) is 120 Å². The number of carbonyl (C=O) groups excluding carboxylic acids is 1. The molecule has 16 nitrogen and oxygen atoms in total. The SMILES string of the molecule is CC(C)c1ccccc1[C@H]1CCCN1C1CC2(CCN(c3ccc(C(=O)NS(=O)(=O)c4cc5c(c([N+](=O)[O-])c4)N[C@@H](C4CCC(C)(O)CC4)CO5)c(Oc4cc5cc[nH]c5nc4N(C)C)c3)CC2)C1. The molecule has 2 aromatic heterocycles. The summed E-state index contributed by atoms with van der Waals surface area (Å²) in [6.45, 7) is 9.33. The molecule has 366 valence electrons. The molecule has 17 heteroatoms. The number of nitro groups is 1. The van der Waals surface area contributed by atoms with Gasteiger partial charge in [0.15, 0.2) is 23.0 Å². The van der Waals surface area contributed by atoms with Gasteiger partial charge in [-0.25, -0.2) is 18.1 Å². The van der Waals surface area contributed by atoms with Gasteiger partial charge in [0.25, 0.3) is 21.6 Å². The summed E-state index contributed by atoms with van der Waals surface area (Å²) < 4.78 is 43.0. The number of benzene rings is 3. The molecule has 0 bridgehead atoms. The molecule has 5 aromatic rings. The molecule has 3 aliphatic heterocycles. The summed E-state index contributed by atoms with van der Waals surface area (Å²) >= 11 is 0. The minimum absolute atomic E-state index is 0.00158. The van der Waals surface area contributed by atoms with Crippen LogP contribution in [0.2, 0.25) is 0 Å². The summed E-state index contributed by atoms with van der Waals surface area (Å²) in [5.41, 5.74) is 3.53. The number of rotatable bonds is 12. The van der Waals surface area contributed by atoms with Crippen LogP contribution in [0.15, 0.2) is 77.8 Å². The molecule has 4 fully saturated rings. The largest absolute Gasteiger partial charge is 0.489 e. The third kappa shape index (κ3) is 9.20. The van der Waals surface area contributed by atoms with E-state index in [2.05, 4.69) is 62.9 Å². The predicted molar refractivity (Wildman–Crippen MR) is 266 cm³/mol. The molecule has 0 radical (unpaired) electrons. The number of carbonyl (C=O) groups is 1. The number of pyridine rings is 1. The van der Waals surface area contributed by atoms with Crippen LogP contribution in [-0.2, 0) is 10.0 Å². The van der Waals surface area contributed by atoms with E-state index in [9.17, 15) is 28.4 Å². The summed E-state index contributed by atoms with van der Waals surface area (Å²) in [5, 5.41) is 27.0. The van der Waals surface area contributed by atoms with Gasteiger partial charge >= 0.3 is 0 Å². The van der Waals surface area contributed by atoms with Gasteiger partial charge in [-0.15, -0.1) is 0 Å². The normalized spacial score (nSPS) is 23.8. The van der Waals surface area contributed by atoms with Crippen molar-refractivity contribution >= 4 is 49.8 Å². The Hall–Kier alpha value is -5.91. The molecule has 69 heavy (non-hydrogen) atoms. The standard InChI is InChI=1S/C52H64N8O8S/c1-32(2)38-9-6-7-10-39(38)42-11-8-22-59(42)36-29-52(30-36)19-23-58(24-20-52)35-12-13-40(44(26-35)68-46-25-34-16-21-53-48(34)55-49(46)57(4)5)50(61)56-69(65,66)37-27-43(60(63)64)47-45(28-37)67-31-41(54-47)33-14-17-51(3,62)18-15-33/h6-7,9-10,12-13,16,21,25-28,32-33,36,41-42,54,62H,8,11,14-15,17-20,22-24,29-31H2,1-5H3,(H,53,55)(H,56,61)/t33?,41-,42-,51?/m1/s1. The van der Waals surface area contributed by atoms with Crippen LogP contribution in [0.1, 0.15) is 118 Å². The van der Waals surface area contributed by atoms with Crippen LogP contribution in [0.25, 0.3) is 11.0 Å². The van der Waals surface area contributed by atoms with Gasteiger partial charge in [-0.1, -0.05) is 38.1 Å². The maximum absolute atomic E-state index is 14.3. The zero-order valence-electron chi connectivity index (χ0n) is 40.2. The molecule has 3 aromatic carbocycles. The minimum Gasteiger partial charge on any atom is -0.489 e. The number of hydrogen-bond donors (Lipinski definition) is 4. The van der Waals surface area contributed by atoms with E-state index in [0.29, 0.717) is 60.9 Å². The molecule has 5 heterocycles. The van der Waals surface area contributed by atoms with E-state index in [-0.39, 0.29) is 46.7 Å². The van der Waals surface area contributed by atoms with E-state index < -0.39 is 37.0 Å². The van der Waals surface area contributed by atoms with Gasteiger partial charge in [0.1, 0.15) is 18.0 Å². The second kappa shape index (κ2) is 18.1. The van der Waals surface area contributed by atoms with Gasteiger partial charge in [0.05, 0.1) is 27.0 Å². The number of nitro benzene ring substituents is 1. The number of likely N-dealkylation sites (tertiary alicyclic amines) is 1. The van der Waals surface area contributed by atoms with Crippen molar-refractivity contribution in [1.29, 1.82) is 0 Å². The highest BCUT2D eigenvalue weighted by Crippen LogP contribution is 2.54. The number of aromatic nitrogens is 2. The van der Waals surface area contributed by atoms with Crippen LogP contribution in [0.3, 0.4) is 0 Å². The molecular formula is C52H64N8O8S.